The average molecular weight is 244 g/mol. The molecule has 0 spiro atoms. The van der Waals surface area contributed by atoms with Gasteiger partial charge >= 0.3 is 7.75 Å². The second-order valence-electron chi connectivity index (χ2n) is 3.17. The maximum absolute atomic E-state index is 12.1. The number of hydrogen-bond donors (Lipinski definition) is 1. The molecule has 16 heavy (non-hydrogen) atoms. The lowest BCUT2D eigenvalue weighted by molar-refractivity contribution is 0.225. The topological polar surface area (TPSA) is 60.5 Å². The highest BCUT2D eigenvalue weighted by Crippen LogP contribution is 2.47. The summed E-state index contributed by atoms with van der Waals surface area (Å²) in [6, 6.07) is 3.61. The molecule has 1 rings (SSSR count). The maximum atomic E-state index is 12.1. The van der Waals surface area contributed by atoms with Gasteiger partial charge in [0.1, 0.15) is 5.82 Å². The summed E-state index contributed by atoms with van der Waals surface area (Å²) >= 11 is 0. The van der Waals surface area contributed by atoms with E-state index in [1.54, 1.807) is 26.1 Å². The molecule has 6 heteroatoms. The Balaban J connectivity index is 2.75. The molecule has 1 N–H and O–H groups in total. The molecular weight excluding hydrogens is 227 g/mol. The summed E-state index contributed by atoms with van der Waals surface area (Å²) in [5.74, 6) is 0.482. The molecule has 0 atom stereocenters. The van der Waals surface area contributed by atoms with Crippen molar-refractivity contribution in [3.05, 3.63) is 23.9 Å². The van der Waals surface area contributed by atoms with Crippen LogP contribution in [-0.2, 0) is 13.6 Å². The van der Waals surface area contributed by atoms with Gasteiger partial charge in [0.05, 0.1) is 13.2 Å². The summed E-state index contributed by atoms with van der Waals surface area (Å²) in [7, 11) is -3.27. The Morgan fingerprint density at radius 3 is 2.38 bits per heavy atom. The highest BCUT2D eigenvalue weighted by Gasteiger charge is 2.23. The highest BCUT2D eigenvalue weighted by atomic mass is 31.2. The molecule has 1 heterocycles. The fourth-order valence-electron chi connectivity index (χ4n) is 1.12. The number of aryl methyl sites for hydroxylation is 1. The first-order valence-electron chi connectivity index (χ1n) is 5.19. The molecule has 0 aromatic carbocycles. The van der Waals surface area contributed by atoms with E-state index in [1.165, 1.54) is 0 Å². The van der Waals surface area contributed by atoms with E-state index >= 15 is 0 Å². The summed E-state index contributed by atoms with van der Waals surface area (Å²) in [5, 5.41) is 2.68. The number of nitrogens with zero attached hydrogens (tertiary/aromatic N) is 1. The molecular formula is C10H17N2O3P. The number of anilines is 1. The first-order valence-corrected chi connectivity index (χ1v) is 6.74. The zero-order chi connectivity index (χ0) is 12.0. The van der Waals surface area contributed by atoms with Crippen molar-refractivity contribution in [2.24, 2.45) is 0 Å². The minimum atomic E-state index is -3.27. The fourth-order valence-corrected chi connectivity index (χ4v) is 2.41. The van der Waals surface area contributed by atoms with Crippen LogP contribution in [0.3, 0.4) is 0 Å². The van der Waals surface area contributed by atoms with Crippen molar-refractivity contribution in [1.82, 2.24) is 4.98 Å². The minimum Gasteiger partial charge on any atom is -0.293 e. The largest absolute Gasteiger partial charge is 0.433 e. The van der Waals surface area contributed by atoms with E-state index in [1.807, 2.05) is 13.0 Å². The molecule has 1 aromatic rings. The molecule has 0 fully saturated rings. The lowest BCUT2D eigenvalue weighted by Gasteiger charge is -2.17. The number of aromatic nitrogens is 1. The predicted molar refractivity (Wildman–Crippen MR) is 63.5 cm³/mol. The van der Waals surface area contributed by atoms with E-state index in [0.717, 1.165) is 5.56 Å². The van der Waals surface area contributed by atoms with Gasteiger partial charge in [0.25, 0.3) is 0 Å². The summed E-state index contributed by atoms with van der Waals surface area (Å²) in [6.45, 7) is 6.08. The van der Waals surface area contributed by atoms with Crippen LogP contribution in [0.4, 0.5) is 5.82 Å². The monoisotopic (exact) mass is 244 g/mol. The Labute approximate surface area is 95.8 Å². The van der Waals surface area contributed by atoms with E-state index in [0.29, 0.717) is 19.0 Å². The van der Waals surface area contributed by atoms with Crippen molar-refractivity contribution in [3.8, 4) is 0 Å². The second-order valence-corrected chi connectivity index (χ2v) is 4.90. The van der Waals surface area contributed by atoms with Gasteiger partial charge in [-0.1, -0.05) is 6.07 Å². The van der Waals surface area contributed by atoms with Crippen LogP contribution in [0.1, 0.15) is 19.4 Å². The summed E-state index contributed by atoms with van der Waals surface area (Å²) in [5.41, 5.74) is 1.04. The number of nitrogens with one attached hydrogen (secondary N) is 1. The van der Waals surface area contributed by atoms with Crippen LogP contribution in [0.15, 0.2) is 18.3 Å². The van der Waals surface area contributed by atoms with E-state index < -0.39 is 7.75 Å². The summed E-state index contributed by atoms with van der Waals surface area (Å²) in [4.78, 5) is 4.08. The smallest absolute Gasteiger partial charge is 0.293 e. The lowest BCUT2D eigenvalue weighted by atomic mass is 10.3. The molecule has 1 aromatic heterocycles. The van der Waals surface area contributed by atoms with Crippen LogP contribution in [0.5, 0.6) is 0 Å². The van der Waals surface area contributed by atoms with E-state index in [4.69, 9.17) is 9.05 Å². The van der Waals surface area contributed by atoms with Gasteiger partial charge in [-0.3, -0.25) is 14.1 Å². The van der Waals surface area contributed by atoms with Gasteiger partial charge in [-0.2, -0.15) is 0 Å². The Bertz CT molecular complexity index is 357. The van der Waals surface area contributed by atoms with Crippen LogP contribution in [0, 0.1) is 6.92 Å². The van der Waals surface area contributed by atoms with Crippen molar-refractivity contribution in [2.45, 2.75) is 20.8 Å². The zero-order valence-electron chi connectivity index (χ0n) is 9.77. The van der Waals surface area contributed by atoms with Crippen LogP contribution < -0.4 is 5.09 Å². The molecule has 90 valence electrons. The number of rotatable bonds is 6. The zero-order valence-corrected chi connectivity index (χ0v) is 10.7. The molecule has 5 nitrogen and oxygen atoms in total. The first kappa shape index (κ1) is 13.2. The van der Waals surface area contributed by atoms with Crippen molar-refractivity contribution in [3.63, 3.8) is 0 Å². The van der Waals surface area contributed by atoms with Crippen molar-refractivity contribution >= 4 is 13.6 Å². The molecule has 0 saturated carbocycles. The van der Waals surface area contributed by atoms with Crippen molar-refractivity contribution in [2.75, 3.05) is 18.3 Å². The van der Waals surface area contributed by atoms with Gasteiger partial charge in [0.2, 0.25) is 0 Å². The molecule has 0 aliphatic carbocycles. The molecule has 0 aliphatic heterocycles. The Hall–Kier alpha value is -0.900. The molecule has 0 amide bonds. The van der Waals surface area contributed by atoms with Crippen molar-refractivity contribution in [1.29, 1.82) is 0 Å². The van der Waals surface area contributed by atoms with E-state index in [2.05, 4.69) is 10.1 Å². The van der Waals surface area contributed by atoms with Gasteiger partial charge < -0.3 is 0 Å². The molecule has 0 bridgehead atoms. The van der Waals surface area contributed by atoms with Gasteiger partial charge in [0, 0.05) is 6.20 Å². The minimum absolute atomic E-state index is 0.316. The van der Waals surface area contributed by atoms with Crippen molar-refractivity contribution < 1.29 is 13.6 Å². The molecule has 0 saturated heterocycles. The Kier molecular flexibility index (Phi) is 4.93. The van der Waals surface area contributed by atoms with Gasteiger partial charge in [0.15, 0.2) is 0 Å². The SMILES string of the molecule is CCOP(=O)(Nc1ccc(C)cn1)OCC. The van der Waals surface area contributed by atoms with E-state index in [-0.39, 0.29) is 0 Å². The average Bonchev–Trinajstić information content (AvgIpc) is 2.22. The third-order valence-electron chi connectivity index (χ3n) is 1.76. The van der Waals surface area contributed by atoms with Crippen LogP contribution >= 0.6 is 7.75 Å². The molecule has 0 unspecified atom stereocenters. The van der Waals surface area contributed by atoms with Crippen LogP contribution in [-0.4, -0.2) is 18.2 Å². The normalized spacial score (nSPS) is 11.4. The van der Waals surface area contributed by atoms with E-state index in [9.17, 15) is 4.57 Å². The van der Waals surface area contributed by atoms with Gasteiger partial charge in [-0.05, 0) is 32.4 Å². The van der Waals surface area contributed by atoms with Gasteiger partial charge in [-0.25, -0.2) is 9.55 Å². The summed E-state index contributed by atoms with van der Waals surface area (Å²) < 4.78 is 22.2. The van der Waals surface area contributed by atoms with Crippen LogP contribution in [0.2, 0.25) is 0 Å². The number of pyridine rings is 1. The lowest BCUT2D eigenvalue weighted by Crippen LogP contribution is -2.06. The second kappa shape index (κ2) is 5.99. The number of hydrogen-bond acceptors (Lipinski definition) is 4. The van der Waals surface area contributed by atoms with Crippen LogP contribution in [0.25, 0.3) is 0 Å². The third-order valence-corrected chi connectivity index (χ3v) is 3.46. The highest BCUT2D eigenvalue weighted by molar-refractivity contribution is 7.55. The molecule has 0 aliphatic rings. The third kappa shape index (κ3) is 3.93. The summed E-state index contributed by atoms with van der Waals surface area (Å²) in [6.07, 6.45) is 1.69. The maximum Gasteiger partial charge on any atom is 0.433 e. The quantitative estimate of drug-likeness (QED) is 0.779. The Morgan fingerprint density at radius 2 is 1.94 bits per heavy atom. The Morgan fingerprint density at radius 1 is 1.31 bits per heavy atom. The fraction of sp³-hybridized carbons (Fsp3) is 0.500. The standard InChI is InChI=1S/C10H17N2O3P/c1-4-14-16(13,15-5-2)12-10-7-6-9(3)8-11-10/h6-8H,4-5H2,1-3H3,(H,11,12,13). The first-order chi connectivity index (χ1) is 7.59. The molecule has 0 radical (unpaired) electrons. The van der Waals surface area contributed by atoms with Gasteiger partial charge in [-0.15, -0.1) is 0 Å². The predicted octanol–water partition coefficient (Wildman–Crippen LogP) is 2.98.